The zero-order valence-electron chi connectivity index (χ0n) is 44.6. The summed E-state index contributed by atoms with van der Waals surface area (Å²) in [5.41, 5.74) is 9.27. The number of hydrogen-bond donors (Lipinski definition) is 4. The number of aryl methyl sites for hydroxylation is 1. The van der Waals surface area contributed by atoms with E-state index in [-0.39, 0.29) is 34.5 Å². The lowest BCUT2D eigenvalue weighted by Crippen LogP contribution is -2.33. The van der Waals surface area contributed by atoms with Crippen LogP contribution in [-0.4, -0.2) is 136 Å². The molecule has 4 aromatic carbocycles. The minimum absolute atomic E-state index is 0.00859. The molecule has 0 aliphatic rings. The molecule has 5 aromatic rings. The first kappa shape index (κ1) is 60.9. The molecule has 0 radical (unpaired) electrons. The van der Waals surface area contributed by atoms with E-state index in [1.54, 1.807) is 75.4 Å². The molecule has 416 valence electrons. The number of fused-ring (bicyclic) bond motifs is 1. The number of nitrogens with zero attached hydrogens (tertiary/aromatic N) is 4. The maximum atomic E-state index is 13.0. The molecule has 20 heteroatoms. The van der Waals surface area contributed by atoms with Crippen molar-refractivity contribution in [1.29, 1.82) is 0 Å². The van der Waals surface area contributed by atoms with Crippen LogP contribution < -0.4 is 16.4 Å². The van der Waals surface area contributed by atoms with Crippen LogP contribution >= 0.6 is 0 Å². The molecule has 0 fully saturated rings. The summed E-state index contributed by atoms with van der Waals surface area (Å²) < 4.78 is 40.6. The van der Waals surface area contributed by atoms with Gasteiger partial charge in [-0.05, 0) is 119 Å². The Kier molecular flexibility index (Phi) is 26.9. The number of carbonyl (C=O) groups is 5. The van der Waals surface area contributed by atoms with Gasteiger partial charge in [-0.2, -0.15) is 5.11 Å². The van der Waals surface area contributed by atoms with Crippen LogP contribution in [0.1, 0.15) is 109 Å². The number of carbonyl (C=O) groups excluding carboxylic acids is 5. The van der Waals surface area contributed by atoms with Gasteiger partial charge in [0.15, 0.2) is 5.78 Å². The number of imidazole rings is 1. The van der Waals surface area contributed by atoms with Crippen LogP contribution in [0.5, 0.6) is 5.75 Å². The maximum absolute atomic E-state index is 13.0. The van der Waals surface area contributed by atoms with Crippen LogP contribution in [0.4, 0.5) is 22.1 Å². The average molecular weight is 1070 g/mol. The van der Waals surface area contributed by atoms with Crippen molar-refractivity contribution >= 4 is 57.8 Å². The van der Waals surface area contributed by atoms with Crippen LogP contribution in [-0.2, 0) is 50.9 Å². The Labute approximate surface area is 450 Å². The van der Waals surface area contributed by atoms with E-state index in [9.17, 15) is 29.1 Å². The number of ether oxygens (including phenoxy) is 7. The van der Waals surface area contributed by atoms with Gasteiger partial charge in [-0.15, -0.1) is 5.11 Å². The van der Waals surface area contributed by atoms with Crippen molar-refractivity contribution in [2.24, 2.45) is 16.0 Å². The number of aromatic nitrogens is 2. The Morgan fingerprint density at radius 3 is 1.91 bits per heavy atom. The number of aromatic hydroxyl groups is 1. The fraction of sp³-hybridized carbons (Fsp3) is 0.474. The first-order chi connectivity index (χ1) is 37.3. The Morgan fingerprint density at radius 2 is 1.25 bits per heavy atom. The zero-order chi connectivity index (χ0) is 55.1. The lowest BCUT2D eigenvalue weighted by molar-refractivity contribution is -0.120. The van der Waals surface area contributed by atoms with E-state index >= 15 is 0 Å². The van der Waals surface area contributed by atoms with Gasteiger partial charge in [-0.25, -0.2) is 9.78 Å². The number of primary amides is 1. The van der Waals surface area contributed by atoms with Gasteiger partial charge < -0.3 is 53.9 Å². The summed E-state index contributed by atoms with van der Waals surface area (Å²) in [6.45, 7) is 11.4. The SMILES string of the molecule is CC(C)(C)OC(=O)NCCc1ccc(O)c(N=Nc2ccc(C(=O)CCCOCCOCCOCCOCCOCCOCCC(=O)CCCCCCn3c(NC(=O)c4cccc(C(N)=O)c4)nc4ccccc43)cc2)c1. The van der Waals surface area contributed by atoms with Crippen molar-refractivity contribution < 1.29 is 62.2 Å². The molecular formula is C57H75N7O13. The van der Waals surface area contributed by atoms with Crippen LogP contribution in [0, 0.1) is 0 Å². The number of amides is 3. The van der Waals surface area contributed by atoms with E-state index in [2.05, 4.69) is 25.8 Å². The van der Waals surface area contributed by atoms with Gasteiger partial charge in [0.2, 0.25) is 11.9 Å². The fourth-order valence-corrected chi connectivity index (χ4v) is 7.58. The van der Waals surface area contributed by atoms with Gasteiger partial charge in [0.1, 0.15) is 22.8 Å². The summed E-state index contributed by atoms with van der Waals surface area (Å²) in [7, 11) is 0. The number of unbranched alkanes of at least 4 members (excludes halogenated alkanes) is 3. The molecule has 1 heterocycles. The number of phenolic OH excluding ortho intramolecular Hbond substituents is 1. The number of benzene rings is 4. The second-order valence-corrected chi connectivity index (χ2v) is 18.9. The first-order valence-corrected chi connectivity index (χ1v) is 26.2. The molecule has 5 rings (SSSR count). The number of azo groups is 1. The summed E-state index contributed by atoms with van der Waals surface area (Å²) in [5.74, 6) is -0.430. The summed E-state index contributed by atoms with van der Waals surface area (Å²) in [6, 6.07) is 25.7. The first-order valence-electron chi connectivity index (χ1n) is 26.2. The standard InChI is InChI=1S/C57H75N7O13/c1-57(2,3)77-56(70)59-26-24-42-18-23-52(67)49(40-42)63-62-46-21-19-43(20-22-46)51(66)17-11-28-71-30-32-73-34-36-75-38-39-76-37-35-74-33-31-72-29-25-47(65)14-6-4-5-9-27-64-50-16-8-7-15-48(50)60-55(64)61-54(69)45-13-10-12-44(41-45)53(58)68/h7-8,10,12-13,15-16,18-23,40-41,67H,4-6,9,11,14,17,24-39H2,1-3H3,(H2,58,68)(H,59,70)(H,60,61,69). The number of ketones is 2. The van der Waals surface area contributed by atoms with E-state index in [1.165, 1.54) is 12.1 Å². The molecule has 0 saturated heterocycles. The third-order valence-electron chi connectivity index (χ3n) is 11.5. The van der Waals surface area contributed by atoms with Crippen LogP contribution in [0.2, 0.25) is 0 Å². The van der Waals surface area contributed by atoms with Crippen molar-refractivity contribution in [1.82, 2.24) is 14.9 Å². The van der Waals surface area contributed by atoms with E-state index in [0.717, 1.165) is 42.3 Å². The van der Waals surface area contributed by atoms with Gasteiger partial charge in [0.25, 0.3) is 5.91 Å². The normalized spacial score (nSPS) is 11.6. The van der Waals surface area contributed by atoms with Gasteiger partial charge in [-0.3, -0.25) is 24.5 Å². The number of nitrogens with two attached hydrogens (primary N) is 1. The number of nitrogens with one attached hydrogen (secondary N) is 2. The number of Topliss-reactive ketones (excluding diaryl/α,β-unsaturated/α-hetero) is 2. The Morgan fingerprint density at radius 1 is 0.623 bits per heavy atom. The average Bonchev–Trinajstić information content (AvgIpc) is 3.76. The predicted octanol–water partition coefficient (Wildman–Crippen LogP) is 9.25. The van der Waals surface area contributed by atoms with Gasteiger partial charge in [0, 0.05) is 55.6 Å². The predicted molar refractivity (Wildman–Crippen MR) is 290 cm³/mol. The van der Waals surface area contributed by atoms with Gasteiger partial charge in [-0.1, -0.05) is 37.1 Å². The quantitative estimate of drug-likeness (QED) is 0.0163. The topological polar surface area (TPSA) is 263 Å². The minimum Gasteiger partial charge on any atom is -0.506 e. The van der Waals surface area contributed by atoms with Crippen molar-refractivity contribution in [2.45, 2.75) is 90.7 Å². The van der Waals surface area contributed by atoms with Gasteiger partial charge in [0.05, 0.1) is 89.4 Å². The largest absolute Gasteiger partial charge is 0.506 e. The highest BCUT2D eigenvalue weighted by atomic mass is 16.6. The molecule has 3 amide bonds. The number of phenols is 1. The van der Waals surface area contributed by atoms with Crippen LogP contribution in [0.25, 0.3) is 11.0 Å². The molecular weight excluding hydrogens is 991 g/mol. The summed E-state index contributed by atoms with van der Waals surface area (Å²) in [5, 5.41) is 24.3. The van der Waals surface area contributed by atoms with Crippen LogP contribution in [0.3, 0.4) is 0 Å². The third kappa shape index (κ3) is 23.9. The number of rotatable bonds is 38. The monoisotopic (exact) mass is 1070 g/mol. The maximum Gasteiger partial charge on any atom is 0.407 e. The molecule has 0 saturated carbocycles. The van der Waals surface area contributed by atoms with Crippen molar-refractivity contribution in [3.05, 3.63) is 113 Å². The number of alkyl carbamates (subject to hydrolysis) is 1. The Hall–Kier alpha value is -6.94. The molecule has 77 heavy (non-hydrogen) atoms. The highest BCUT2D eigenvalue weighted by molar-refractivity contribution is 6.06. The number of hydrogen-bond acceptors (Lipinski definition) is 16. The number of anilines is 1. The summed E-state index contributed by atoms with van der Waals surface area (Å²) in [4.78, 5) is 66.3. The molecule has 0 spiro atoms. The molecule has 0 aliphatic heterocycles. The lowest BCUT2D eigenvalue weighted by Gasteiger charge is -2.19. The highest BCUT2D eigenvalue weighted by Crippen LogP contribution is 2.30. The zero-order valence-corrected chi connectivity index (χ0v) is 44.6. The second-order valence-electron chi connectivity index (χ2n) is 18.9. The van der Waals surface area contributed by atoms with Crippen LogP contribution in [0.15, 0.2) is 101 Å². The third-order valence-corrected chi connectivity index (χ3v) is 11.5. The van der Waals surface area contributed by atoms with E-state index in [1.807, 2.05) is 28.8 Å². The molecule has 1 aromatic heterocycles. The molecule has 0 bridgehead atoms. The fourth-order valence-electron chi connectivity index (χ4n) is 7.58. The highest BCUT2D eigenvalue weighted by Gasteiger charge is 2.17. The van der Waals surface area contributed by atoms with Gasteiger partial charge >= 0.3 is 6.09 Å². The molecule has 20 nitrogen and oxygen atoms in total. The smallest absolute Gasteiger partial charge is 0.407 e. The lowest BCUT2D eigenvalue weighted by atomic mass is 10.1. The number of para-hydroxylation sites is 2. The molecule has 0 atom stereocenters. The summed E-state index contributed by atoms with van der Waals surface area (Å²) in [6.07, 6.45) is 5.23. The van der Waals surface area contributed by atoms with Crippen molar-refractivity contribution in [3.8, 4) is 5.75 Å². The Balaban J connectivity index is 0.771. The molecule has 5 N–H and O–H groups in total. The van der Waals surface area contributed by atoms with Crippen molar-refractivity contribution in [3.63, 3.8) is 0 Å². The molecule has 0 aliphatic carbocycles. The van der Waals surface area contributed by atoms with Crippen molar-refractivity contribution in [2.75, 3.05) is 91.1 Å². The summed E-state index contributed by atoms with van der Waals surface area (Å²) >= 11 is 0. The second kappa shape index (κ2) is 34.0. The van der Waals surface area contributed by atoms with E-state index in [0.29, 0.717) is 147 Å². The Bertz CT molecular complexity index is 2650. The molecule has 0 unspecified atom stereocenters. The van der Waals surface area contributed by atoms with E-state index < -0.39 is 17.6 Å². The minimum atomic E-state index is -0.607. The van der Waals surface area contributed by atoms with E-state index in [4.69, 9.17) is 38.9 Å².